The van der Waals surface area contributed by atoms with Crippen LogP contribution >= 0.6 is 0 Å². The lowest BCUT2D eigenvalue weighted by Crippen LogP contribution is -2.46. The number of carbonyl (C=O) groups is 1. The third kappa shape index (κ3) is 4.05. The topological polar surface area (TPSA) is 26.8 Å². The zero-order valence-electron chi connectivity index (χ0n) is 14.3. The van der Waals surface area contributed by atoms with Gasteiger partial charge < -0.3 is 14.7 Å². The van der Waals surface area contributed by atoms with Gasteiger partial charge in [-0.25, -0.2) is 4.79 Å². The van der Waals surface area contributed by atoms with Crippen LogP contribution in [0.1, 0.15) is 31.7 Å². The molecule has 1 aromatic carbocycles. The maximum atomic E-state index is 12.3. The molecule has 0 spiro atoms. The number of piperidine rings is 1. The van der Waals surface area contributed by atoms with Crippen molar-refractivity contribution in [1.29, 1.82) is 0 Å². The van der Waals surface area contributed by atoms with Crippen molar-refractivity contribution in [2.45, 2.75) is 38.6 Å². The largest absolute Gasteiger partial charge is 0.323 e. The van der Waals surface area contributed by atoms with Gasteiger partial charge in [0.15, 0.2) is 0 Å². The van der Waals surface area contributed by atoms with Gasteiger partial charge in [0.1, 0.15) is 0 Å². The molecule has 0 unspecified atom stereocenters. The van der Waals surface area contributed by atoms with E-state index in [0.29, 0.717) is 6.04 Å². The van der Waals surface area contributed by atoms with Crippen molar-refractivity contribution in [1.82, 2.24) is 14.7 Å². The van der Waals surface area contributed by atoms with E-state index < -0.39 is 0 Å². The highest BCUT2D eigenvalue weighted by Crippen LogP contribution is 2.21. The van der Waals surface area contributed by atoms with Crippen molar-refractivity contribution < 1.29 is 4.79 Å². The van der Waals surface area contributed by atoms with Crippen molar-refractivity contribution in [2.75, 3.05) is 39.3 Å². The van der Waals surface area contributed by atoms with Crippen LogP contribution in [0.25, 0.3) is 0 Å². The van der Waals surface area contributed by atoms with Gasteiger partial charge in [0, 0.05) is 38.8 Å². The summed E-state index contributed by atoms with van der Waals surface area (Å²) in [5.41, 5.74) is 1.43. The van der Waals surface area contributed by atoms with Crippen LogP contribution in [0, 0.1) is 0 Å². The summed E-state index contributed by atoms with van der Waals surface area (Å²) in [7, 11) is 0. The molecule has 126 valence electrons. The maximum absolute atomic E-state index is 12.3. The molecule has 0 bridgehead atoms. The summed E-state index contributed by atoms with van der Waals surface area (Å²) < 4.78 is 0. The standard InChI is InChI=1S/C19H29N3O/c1-2-21-15-16-22(19(21)23)18-10-13-20(14-11-18)12-6-9-17-7-4-3-5-8-17/h3-5,7-8,18H,2,6,9-16H2,1H3. The molecule has 2 fully saturated rings. The Hall–Kier alpha value is -1.55. The number of carbonyl (C=O) groups excluding carboxylic acids is 1. The molecule has 2 amide bonds. The highest BCUT2D eigenvalue weighted by Gasteiger charge is 2.34. The Balaban J connectivity index is 1.38. The third-order valence-corrected chi connectivity index (χ3v) is 5.29. The second-order valence-electron chi connectivity index (χ2n) is 6.72. The normalized spacial score (nSPS) is 20.5. The van der Waals surface area contributed by atoms with E-state index in [2.05, 4.69) is 47.1 Å². The van der Waals surface area contributed by atoms with Gasteiger partial charge in [-0.3, -0.25) is 0 Å². The molecular weight excluding hydrogens is 286 g/mol. The van der Waals surface area contributed by atoms with Gasteiger partial charge >= 0.3 is 6.03 Å². The fourth-order valence-electron chi connectivity index (χ4n) is 3.84. The first-order valence-corrected chi connectivity index (χ1v) is 9.09. The molecule has 2 aliphatic rings. The SMILES string of the molecule is CCN1CCN(C2CCN(CCCc3ccccc3)CC2)C1=O. The summed E-state index contributed by atoms with van der Waals surface area (Å²) in [6.45, 7) is 8.18. The van der Waals surface area contributed by atoms with Crippen molar-refractivity contribution in [2.24, 2.45) is 0 Å². The molecule has 3 rings (SSSR count). The lowest BCUT2D eigenvalue weighted by atomic mass is 10.0. The number of hydrogen-bond acceptors (Lipinski definition) is 2. The van der Waals surface area contributed by atoms with Gasteiger partial charge in [0.05, 0.1) is 0 Å². The highest BCUT2D eigenvalue weighted by atomic mass is 16.2. The Morgan fingerprint density at radius 1 is 1.04 bits per heavy atom. The van der Waals surface area contributed by atoms with Crippen LogP contribution in [0.2, 0.25) is 0 Å². The van der Waals surface area contributed by atoms with E-state index in [-0.39, 0.29) is 6.03 Å². The minimum Gasteiger partial charge on any atom is -0.323 e. The Morgan fingerprint density at radius 3 is 2.43 bits per heavy atom. The molecule has 0 N–H and O–H groups in total. The van der Waals surface area contributed by atoms with Gasteiger partial charge in [-0.2, -0.15) is 0 Å². The fraction of sp³-hybridized carbons (Fsp3) is 0.632. The molecule has 0 radical (unpaired) electrons. The Kier molecular flexibility index (Phi) is 5.55. The molecular formula is C19H29N3O. The van der Waals surface area contributed by atoms with Crippen LogP contribution < -0.4 is 0 Å². The second-order valence-corrected chi connectivity index (χ2v) is 6.72. The molecule has 4 nitrogen and oxygen atoms in total. The van der Waals surface area contributed by atoms with E-state index in [0.717, 1.165) is 52.0 Å². The third-order valence-electron chi connectivity index (χ3n) is 5.29. The molecule has 23 heavy (non-hydrogen) atoms. The van der Waals surface area contributed by atoms with E-state index >= 15 is 0 Å². The summed E-state index contributed by atoms with van der Waals surface area (Å²) in [4.78, 5) is 18.9. The first-order chi connectivity index (χ1) is 11.3. The van der Waals surface area contributed by atoms with Crippen LogP contribution in [0.5, 0.6) is 0 Å². The van der Waals surface area contributed by atoms with Crippen LogP contribution in [-0.2, 0) is 6.42 Å². The highest BCUT2D eigenvalue weighted by molar-refractivity contribution is 5.76. The molecule has 1 aromatic rings. The monoisotopic (exact) mass is 315 g/mol. The minimum absolute atomic E-state index is 0.259. The molecule has 2 aliphatic heterocycles. The molecule has 0 atom stereocenters. The second kappa shape index (κ2) is 7.82. The molecule has 0 aromatic heterocycles. The first-order valence-electron chi connectivity index (χ1n) is 9.09. The van der Waals surface area contributed by atoms with Gasteiger partial charge in [-0.1, -0.05) is 30.3 Å². The Bertz CT molecular complexity index is 497. The van der Waals surface area contributed by atoms with E-state index in [1.54, 1.807) is 0 Å². The van der Waals surface area contributed by atoms with E-state index in [1.807, 2.05) is 4.90 Å². The number of nitrogens with zero attached hydrogens (tertiary/aromatic N) is 3. The number of hydrogen-bond donors (Lipinski definition) is 0. The van der Waals surface area contributed by atoms with Crippen molar-refractivity contribution in [3.8, 4) is 0 Å². The Morgan fingerprint density at radius 2 is 1.78 bits per heavy atom. The quantitative estimate of drug-likeness (QED) is 0.807. The summed E-state index contributed by atoms with van der Waals surface area (Å²) in [6, 6.07) is 11.5. The molecule has 2 heterocycles. The van der Waals surface area contributed by atoms with Gasteiger partial charge in [0.2, 0.25) is 0 Å². The lowest BCUT2D eigenvalue weighted by Gasteiger charge is -2.36. The minimum atomic E-state index is 0.259. The Labute approximate surface area is 140 Å². The molecule has 2 saturated heterocycles. The van der Waals surface area contributed by atoms with Gasteiger partial charge in [-0.05, 0) is 44.7 Å². The number of benzene rings is 1. The number of urea groups is 1. The van der Waals surface area contributed by atoms with Crippen molar-refractivity contribution in [3.05, 3.63) is 35.9 Å². The number of likely N-dealkylation sites (N-methyl/N-ethyl adjacent to an activating group) is 1. The molecule has 4 heteroatoms. The lowest BCUT2D eigenvalue weighted by molar-refractivity contribution is 0.129. The summed E-state index contributed by atoms with van der Waals surface area (Å²) >= 11 is 0. The van der Waals surface area contributed by atoms with Crippen LogP contribution in [0.15, 0.2) is 30.3 Å². The van der Waals surface area contributed by atoms with E-state index in [4.69, 9.17) is 0 Å². The van der Waals surface area contributed by atoms with Crippen molar-refractivity contribution in [3.63, 3.8) is 0 Å². The van der Waals surface area contributed by atoms with Crippen LogP contribution in [0.3, 0.4) is 0 Å². The average molecular weight is 315 g/mol. The van der Waals surface area contributed by atoms with E-state index in [9.17, 15) is 4.79 Å². The van der Waals surface area contributed by atoms with Gasteiger partial charge in [0.25, 0.3) is 0 Å². The summed E-state index contributed by atoms with van der Waals surface area (Å²) in [5, 5.41) is 0. The summed E-state index contributed by atoms with van der Waals surface area (Å²) in [5.74, 6) is 0. The number of likely N-dealkylation sites (tertiary alicyclic amines) is 1. The number of amides is 2. The summed E-state index contributed by atoms with van der Waals surface area (Å²) in [6.07, 6.45) is 4.65. The van der Waals surface area contributed by atoms with Crippen LogP contribution in [-0.4, -0.2) is 66.0 Å². The zero-order chi connectivity index (χ0) is 16.1. The smallest absolute Gasteiger partial charge is 0.320 e. The predicted molar refractivity (Wildman–Crippen MR) is 93.6 cm³/mol. The van der Waals surface area contributed by atoms with Crippen LogP contribution in [0.4, 0.5) is 4.79 Å². The maximum Gasteiger partial charge on any atom is 0.320 e. The average Bonchev–Trinajstić information content (AvgIpc) is 2.97. The first kappa shape index (κ1) is 16.3. The zero-order valence-corrected chi connectivity index (χ0v) is 14.3. The predicted octanol–water partition coefficient (Wildman–Crippen LogP) is 2.84. The van der Waals surface area contributed by atoms with Gasteiger partial charge in [-0.15, -0.1) is 0 Å². The fourth-order valence-corrected chi connectivity index (χ4v) is 3.84. The van der Waals surface area contributed by atoms with Crippen molar-refractivity contribution >= 4 is 6.03 Å². The van der Waals surface area contributed by atoms with E-state index in [1.165, 1.54) is 18.5 Å². The number of rotatable bonds is 6. The number of aryl methyl sites for hydroxylation is 1. The molecule has 0 saturated carbocycles. The molecule has 0 aliphatic carbocycles.